The Morgan fingerprint density at radius 3 is 2.45 bits per heavy atom. The molecule has 0 unspecified atom stereocenters. The van der Waals surface area contributed by atoms with Crippen LogP contribution in [0.1, 0.15) is 31.2 Å². The Labute approximate surface area is 126 Å². The van der Waals surface area contributed by atoms with Crippen LogP contribution in [0.4, 0.5) is 0 Å². The van der Waals surface area contributed by atoms with E-state index in [1.165, 1.54) is 12.1 Å². The molecule has 0 amide bonds. The summed E-state index contributed by atoms with van der Waals surface area (Å²) in [6.45, 7) is 1.78. The molecule has 1 aliphatic rings. The van der Waals surface area contributed by atoms with Gasteiger partial charge in [-0.05, 0) is 43.5 Å². The lowest BCUT2D eigenvalue weighted by molar-refractivity contribution is -0.143. The topological polar surface area (TPSA) is 83.5 Å². The second-order valence-corrected chi connectivity index (χ2v) is 7.65. The van der Waals surface area contributed by atoms with E-state index < -0.39 is 21.5 Å². The summed E-state index contributed by atoms with van der Waals surface area (Å²) in [7, 11) is -3.84. The van der Waals surface area contributed by atoms with Gasteiger partial charge in [-0.3, -0.25) is 4.79 Å². The maximum Gasteiger partial charge on any atom is 0.324 e. The van der Waals surface area contributed by atoms with Crippen LogP contribution in [0.2, 0.25) is 0 Å². The fraction of sp³-hybridized carbons (Fsp3) is 0.462. The van der Waals surface area contributed by atoms with Crippen molar-refractivity contribution in [2.24, 2.45) is 0 Å². The quantitative estimate of drug-likeness (QED) is 0.862. The van der Waals surface area contributed by atoms with Crippen LogP contribution in [0, 0.1) is 6.92 Å². The number of benzene rings is 1. The summed E-state index contributed by atoms with van der Waals surface area (Å²) in [6, 6.07) is 4.63. The van der Waals surface area contributed by atoms with Gasteiger partial charge in [-0.15, -0.1) is 0 Å². The highest BCUT2D eigenvalue weighted by molar-refractivity contribution is 9.10. The zero-order valence-corrected chi connectivity index (χ0v) is 13.4. The van der Waals surface area contributed by atoms with Crippen molar-refractivity contribution in [1.29, 1.82) is 0 Å². The number of halogens is 1. The molecule has 1 fully saturated rings. The number of carbonyl (C=O) groups is 1. The van der Waals surface area contributed by atoms with E-state index in [0.717, 1.165) is 10.0 Å². The Morgan fingerprint density at radius 2 is 1.95 bits per heavy atom. The molecule has 110 valence electrons. The first-order valence-corrected chi connectivity index (χ1v) is 8.58. The van der Waals surface area contributed by atoms with Gasteiger partial charge in [0.15, 0.2) is 0 Å². The zero-order valence-electron chi connectivity index (χ0n) is 11.0. The molecule has 7 heteroatoms. The number of aryl methyl sites for hydroxylation is 1. The first kappa shape index (κ1) is 15.5. The van der Waals surface area contributed by atoms with Gasteiger partial charge in [0.1, 0.15) is 5.54 Å². The van der Waals surface area contributed by atoms with Gasteiger partial charge in [0.2, 0.25) is 10.0 Å². The highest BCUT2D eigenvalue weighted by Crippen LogP contribution is 2.32. The van der Waals surface area contributed by atoms with Crippen molar-refractivity contribution in [1.82, 2.24) is 4.72 Å². The molecule has 20 heavy (non-hydrogen) atoms. The molecule has 1 saturated carbocycles. The fourth-order valence-corrected chi connectivity index (χ4v) is 4.19. The summed E-state index contributed by atoms with van der Waals surface area (Å²) in [4.78, 5) is 11.5. The van der Waals surface area contributed by atoms with E-state index in [1.807, 2.05) is 0 Å². The Bertz CT molecular complexity index is 636. The molecule has 0 bridgehead atoms. The number of aliphatic carboxylic acids is 1. The van der Waals surface area contributed by atoms with Crippen LogP contribution in [0.25, 0.3) is 0 Å². The molecule has 1 aliphatic carbocycles. The maximum atomic E-state index is 12.4. The summed E-state index contributed by atoms with van der Waals surface area (Å²) >= 11 is 3.31. The Hall–Kier alpha value is -0.920. The lowest BCUT2D eigenvalue weighted by Crippen LogP contribution is -2.52. The third kappa shape index (κ3) is 2.89. The molecule has 0 spiro atoms. The van der Waals surface area contributed by atoms with E-state index in [2.05, 4.69) is 20.7 Å². The number of hydrogen-bond acceptors (Lipinski definition) is 3. The summed E-state index contributed by atoms with van der Waals surface area (Å²) in [5, 5.41) is 9.34. The third-order valence-corrected chi connectivity index (χ3v) is 6.06. The van der Waals surface area contributed by atoms with Gasteiger partial charge in [-0.1, -0.05) is 28.8 Å². The Morgan fingerprint density at radius 1 is 1.35 bits per heavy atom. The number of rotatable bonds is 4. The number of carboxylic acid groups (broad SMARTS) is 1. The lowest BCUT2D eigenvalue weighted by atomic mass is 10.0. The summed E-state index contributed by atoms with van der Waals surface area (Å²) in [6.07, 6.45) is 2.09. The molecule has 0 heterocycles. The van der Waals surface area contributed by atoms with E-state index >= 15 is 0 Å². The monoisotopic (exact) mass is 361 g/mol. The third-order valence-electron chi connectivity index (χ3n) is 3.64. The SMILES string of the molecule is Cc1cc(S(=O)(=O)NC2(C(=O)O)CCCC2)ccc1Br. The molecular weight excluding hydrogens is 346 g/mol. The molecule has 0 radical (unpaired) electrons. The molecule has 0 aromatic heterocycles. The van der Waals surface area contributed by atoms with Gasteiger partial charge in [0.25, 0.3) is 0 Å². The first-order valence-electron chi connectivity index (χ1n) is 6.30. The summed E-state index contributed by atoms with van der Waals surface area (Å²) in [5.41, 5.74) is -0.580. The van der Waals surface area contributed by atoms with Crippen molar-refractivity contribution in [2.75, 3.05) is 0 Å². The van der Waals surface area contributed by atoms with Crippen LogP contribution in [-0.2, 0) is 14.8 Å². The van der Waals surface area contributed by atoms with Crippen molar-refractivity contribution < 1.29 is 18.3 Å². The number of sulfonamides is 1. The van der Waals surface area contributed by atoms with Crippen molar-refractivity contribution in [2.45, 2.75) is 43.0 Å². The normalized spacial score (nSPS) is 18.1. The van der Waals surface area contributed by atoms with E-state index in [1.54, 1.807) is 13.0 Å². The standard InChI is InChI=1S/C13H16BrNO4S/c1-9-8-10(4-5-11(9)14)20(18,19)15-13(12(16)17)6-2-3-7-13/h4-5,8,15H,2-3,6-7H2,1H3,(H,16,17). The van der Waals surface area contributed by atoms with Crippen molar-refractivity contribution in [3.63, 3.8) is 0 Å². The molecule has 0 atom stereocenters. The van der Waals surface area contributed by atoms with Crippen LogP contribution in [0.3, 0.4) is 0 Å². The van der Waals surface area contributed by atoms with Crippen LogP contribution in [0.15, 0.2) is 27.6 Å². The van der Waals surface area contributed by atoms with Crippen molar-refractivity contribution >= 4 is 31.9 Å². The van der Waals surface area contributed by atoms with Crippen LogP contribution >= 0.6 is 15.9 Å². The number of hydrogen-bond donors (Lipinski definition) is 2. The highest BCUT2D eigenvalue weighted by atomic mass is 79.9. The lowest BCUT2D eigenvalue weighted by Gasteiger charge is -2.25. The second-order valence-electron chi connectivity index (χ2n) is 5.11. The largest absolute Gasteiger partial charge is 0.480 e. The Kier molecular flexibility index (Phi) is 4.22. The van der Waals surface area contributed by atoms with Crippen molar-refractivity contribution in [3.05, 3.63) is 28.2 Å². The van der Waals surface area contributed by atoms with Crippen molar-refractivity contribution in [3.8, 4) is 0 Å². The Balaban J connectivity index is 2.35. The number of carboxylic acids is 1. The van der Waals surface area contributed by atoms with Gasteiger partial charge in [-0.2, -0.15) is 4.72 Å². The first-order chi connectivity index (χ1) is 9.27. The molecule has 5 nitrogen and oxygen atoms in total. The molecule has 1 aromatic rings. The van der Waals surface area contributed by atoms with Gasteiger partial charge in [0, 0.05) is 4.47 Å². The minimum absolute atomic E-state index is 0.0886. The predicted molar refractivity (Wildman–Crippen MR) is 78.0 cm³/mol. The average Bonchev–Trinajstić information content (AvgIpc) is 2.81. The second kappa shape index (κ2) is 5.46. The van der Waals surface area contributed by atoms with E-state index in [4.69, 9.17) is 0 Å². The molecule has 2 N–H and O–H groups in total. The molecule has 1 aromatic carbocycles. The van der Waals surface area contributed by atoms with Crippen LogP contribution < -0.4 is 4.72 Å². The molecule has 2 rings (SSSR count). The summed E-state index contributed by atoms with van der Waals surface area (Å²) in [5.74, 6) is -1.10. The van der Waals surface area contributed by atoms with Gasteiger partial charge in [-0.25, -0.2) is 8.42 Å². The average molecular weight is 362 g/mol. The fourth-order valence-electron chi connectivity index (χ4n) is 2.44. The zero-order chi connectivity index (χ0) is 15.0. The summed E-state index contributed by atoms with van der Waals surface area (Å²) < 4.78 is 27.9. The van der Waals surface area contributed by atoms with Gasteiger partial charge >= 0.3 is 5.97 Å². The number of nitrogens with one attached hydrogen (secondary N) is 1. The van der Waals surface area contributed by atoms with E-state index in [9.17, 15) is 18.3 Å². The maximum absolute atomic E-state index is 12.4. The molecular formula is C13H16BrNO4S. The van der Waals surface area contributed by atoms with Gasteiger partial charge in [0.05, 0.1) is 4.90 Å². The predicted octanol–water partition coefficient (Wildman–Crippen LogP) is 2.43. The van der Waals surface area contributed by atoms with E-state index in [-0.39, 0.29) is 4.90 Å². The van der Waals surface area contributed by atoms with Gasteiger partial charge < -0.3 is 5.11 Å². The molecule has 0 aliphatic heterocycles. The van der Waals surface area contributed by atoms with Crippen LogP contribution in [-0.4, -0.2) is 25.0 Å². The minimum atomic E-state index is -3.84. The highest BCUT2D eigenvalue weighted by Gasteiger charge is 2.44. The van der Waals surface area contributed by atoms with E-state index in [0.29, 0.717) is 25.7 Å². The molecule has 0 saturated heterocycles. The minimum Gasteiger partial charge on any atom is -0.480 e. The van der Waals surface area contributed by atoms with Crippen LogP contribution in [0.5, 0.6) is 0 Å². The smallest absolute Gasteiger partial charge is 0.324 e.